The second-order valence-corrected chi connectivity index (χ2v) is 5.16. The molecule has 0 aliphatic heterocycles. The Morgan fingerprint density at radius 1 is 1.12 bits per heavy atom. The van der Waals surface area contributed by atoms with Gasteiger partial charge in [0, 0.05) is 18.0 Å². The largest absolute Gasteiger partial charge is 0.360 e. The number of hydrogen-bond acceptors (Lipinski definition) is 1. The lowest BCUT2D eigenvalue weighted by Gasteiger charge is -2.09. The normalized spacial score (nSPS) is 27.2. The van der Waals surface area contributed by atoms with Crippen molar-refractivity contribution < 1.29 is 0 Å². The van der Waals surface area contributed by atoms with Crippen LogP contribution in [0.4, 0.5) is 0 Å². The molecule has 84 valence electrons. The standard InChI is InChI=1S/C13H16N2S/c16-13(14-10-6-7-10)15-12-8-11(12)9-4-2-1-3-5-9/h1-5,10-12H,6-8H2,(H2,14,15,16)/t11-,12+/m0/s1. The van der Waals surface area contributed by atoms with Gasteiger partial charge in [0.2, 0.25) is 0 Å². The van der Waals surface area contributed by atoms with Crippen LogP contribution in [0, 0.1) is 0 Å². The number of benzene rings is 1. The van der Waals surface area contributed by atoms with Gasteiger partial charge in [0.15, 0.2) is 5.11 Å². The number of rotatable bonds is 3. The van der Waals surface area contributed by atoms with Crippen molar-refractivity contribution in [2.24, 2.45) is 0 Å². The summed E-state index contributed by atoms with van der Waals surface area (Å²) in [4.78, 5) is 0. The SMILES string of the molecule is S=C(NC1CC1)N[C@@H]1C[C@H]1c1ccccc1. The number of nitrogens with one attached hydrogen (secondary N) is 2. The second-order valence-electron chi connectivity index (χ2n) is 4.75. The van der Waals surface area contributed by atoms with Crippen LogP contribution in [0.5, 0.6) is 0 Å². The molecule has 0 heterocycles. The van der Waals surface area contributed by atoms with E-state index in [-0.39, 0.29) is 0 Å². The molecule has 2 nitrogen and oxygen atoms in total. The highest BCUT2D eigenvalue weighted by Gasteiger charge is 2.39. The molecule has 0 aromatic heterocycles. The van der Waals surface area contributed by atoms with Gasteiger partial charge in [-0.3, -0.25) is 0 Å². The third-order valence-electron chi connectivity index (χ3n) is 3.25. The first-order chi connectivity index (χ1) is 7.83. The van der Waals surface area contributed by atoms with E-state index in [4.69, 9.17) is 12.2 Å². The van der Waals surface area contributed by atoms with Crippen LogP contribution in [0.3, 0.4) is 0 Å². The fourth-order valence-electron chi connectivity index (χ4n) is 2.05. The summed E-state index contributed by atoms with van der Waals surface area (Å²) in [6.45, 7) is 0. The topological polar surface area (TPSA) is 24.1 Å². The summed E-state index contributed by atoms with van der Waals surface area (Å²) in [5, 5.41) is 7.55. The lowest BCUT2D eigenvalue weighted by Crippen LogP contribution is -2.38. The summed E-state index contributed by atoms with van der Waals surface area (Å²) in [7, 11) is 0. The average Bonchev–Trinajstić information content (AvgIpc) is 3.16. The first kappa shape index (κ1) is 10.1. The van der Waals surface area contributed by atoms with E-state index in [1.807, 2.05) is 0 Å². The first-order valence-electron chi connectivity index (χ1n) is 5.95. The van der Waals surface area contributed by atoms with Crippen LogP contribution in [-0.4, -0.2) is 17.2 Å². The van der Waals surface area contributed by atoms with E-state index in [1.165, 1.54) is 24.8 Å². The first-order valence-corrected chi connectivity index (χ1v) is 6.36. The van der Waals surface area contributed by atoms with Crippen molar-refractivity contribution in [2.45, 2.75) is 37.3 Å². The van der Waals surface area contributed by atoms with Gasteiger partial charge < -0.3 is 10.6 Å². The summed E-state index contributed by atoms with van der Waals surface area (Å²) in [6, 6.07) is 11.9. The predicted molar refractivity (Wildman–Crippen MR) is 69.5 cm³/mol. The van der Waals surface area contributed by atoms with E-state index in [0.29, 0.717) is 18.0 Å². The van der Waals surface area contributed by atoms with E-state index >= 15 is 0 Å². The highest BCUT2D eigenvalue weighted by molar-refractivity contribution is 7.80. The van der Waals surface area contributed by atoms with E-state index in [9.17, 15) is 0 Å². The molecule has 0 spiro atoms. The Morgan fingerprint density at radius 2 is 1.88 bits per heavy atom. The van der Waals surface area contributed by atoms with Crippen molar-refractivity contribution in [3.63, 3.8) is 0 Å². The molecule has 2 atom stereocenters. The molecule has 2 N–H and O–H groups in total. The molecule has 0 unspecified atom stereocenters. The quantitative estimate of drug-likeness (QED) is 0.781. The van der Waals surface area contributed by atoms with Crippen LogP contribution in [0.2, 0.25) is 0 Å². The minimum Gasteiger partial charge on any atom is -0.360 e. The molecule has 0 saturated heterocycles. The molecule has 2 fully saturated rings. The molecular weight excluding hydrogens is 216 g/mol. The van der Waals surface area contributed by atoms with Crippen molar-refractivity contribution in [3.8, 4) is 0 Å². The maximum absolute atomic E-state index is 5.27. The van der Waals surface area contributed by atoms with Crippen molar-refractivity contribution in [2.75, 3.05) is 0 Å². The summed E-state index contributed by atoms with van der Waals surface area (Å²) in [6.07, 6.45) is 3.75. The highest BCUT2D eigenvalue weighted by atomic mass is 32.1. The van der Waals surface area contributed by atoms with Gasteiger partial charge in [0.05, 0.1) is 0 Å². The third-order valence-corrected chi connectivity index (χ3v) is 3.48. The molecule has 1 aromatic carbocycles. The van der Waals surface area contributed by atoms with Crippen molar-refractivity contribution >= 4 is 17.3 Å². The van der Waals surface area contributed by atoms with Crippen molar-refractivity contribution in [1.82, 2.24) is 10.6 Å². The van der Waals surface area contributed by atoms with Gasteiger partial charge in [-0.15, -0.1) is 0 Å². The summed E-state index contributed by atoms with van der Waals surface area (Å²) < 4.78 is 0. The van der Waals surface area contributed by atoms with Gasteiger partial charge >= 0.3 is 0 Å². The molecule has 16 heavy (non-hydrogen) atoms. The van der Waals surface area contributed by atoms with Gasteiger partial charge in [-0.2, -0.15) is 0 Å². The molecule has 3 heteroatoms. The molecule has 2 aliphatic rings. The Balaban J connectivity index is 1.50. The zero-order valence-corrected chi connectivity index (χ0v) is 9.96. The molecule has 1 aromatic rings. The third kappa shape index (κ3) is 2.35. The van der Waals surface area contributed by atoms with Crippen LogP contribution in [0.15, 0.2) is 30.3 Å². The van der Waals surface area contributed by atoms with Crippen molar-refractivity contribution in [3.05, 3.63) is 35.9 Å². The molecule has 2 saturated carbocycles. The van der Waals surface area contributed by atoms with Gasteiger partial charge in [0.1, 0.15) is 0 Å². The Kier molecular flexibility index (Phi) is 2.56. The molecule has 0 bridgehead atoms. The fraction of sp³-hybridized carbons (Fsp3) is 0.462. The zero-order valence-electron chi connectivity index (χ0n) is 9.15. The monoisotopic (exact) mass is 232 g/mol. The van der Waals surface area contributed by atoms with Crippen molar-refractivity contribution in [1.29, 1.82) is 0 Å². The van der Waals surface area contributed by atoms with Crippen LogP contribution >= 0.6 is 12.2 Å². The summed E-state index contributed by atoms with van der Waals surface area (Å²) in [5.74, 6) is 0.653. The number of thiocarbonyl (C=S) groups is 1. The average molecular weight is 232 g/mol. The predicted octanol–water partition coefficient (Wildman–Crippen LogP) is 2.17. The second kappa shape index (κ2) is 4.06. The van der Waals surface area contributed by atoms with Gasteiger partial charge in [-0.25, -0.2) is 0 Å². The Morgan fingerprint density at radius 3 is 2.56 bits per heavy atom. The highest BCUT2D eigenvalue weighted by Crippen LogP contribution is 2.40. The van der Waals surface area contributed by atoms with E-state index in [2.05, 4.69) is 41.0 Å². The fourth-order valence-corrected chi connectivity index (χ4v) is 2.36. The minimum absolute atomic E-state index is 0.543. The van der Waals surface area contributed by atoms with E-state index < -0.39 is 0 Å². The van der Waals surface area contributed by atoms with Crippen LogP contribution in [-0.2, 0) is 0 Å². The van der Waals surface area contributed by atoms with Gasteiger partial charge in [-0.05, 0) is 37.0 Å². The zero-order chi connectivity index (χ0) is 11.0. The summed E-state index contributed by atoms with van der Waals surface area (Å²) in [5.41, 5.74) is 1.43. The lowest BCUT2D eigenvalue weighted by molar-refractivity contribution is 0.808. The Bertz CT molecular complexity index is 386. The summed E-state index contributed by atoms with van der Waals surface area (Å²) >= 11 is 5.27. The van der Waals surface area contributed by atoms with Gasteiger partial charge in [0.25, 0.3) is 0 Å². The van der Waals surface area contributed by atoms with Crippen LogP contribution in [0.25, 0.3) is 0 Å². The van der Waals surface area contributed by atoms with Gasteiger partial charge in [-0.1, -0.05) is 30.3 Å². The van der Waals surface area contributed by atoms with E-state index in [0.717, 1.165) is 5.11 Å². The van der Waals surface area contributed by atoms with Crippen LogP contribution < -0.4 is 10.6 Å². The van der Waals surface area contributed by atoms with E-state index in [1.54, 1.807) is 0 Å². The lowest BCUT2D eigenvalue weighted by atomic mass is 10.1. The maximum Gasteiger partial charge on any atom is 0.166 e. The Labute approximate surface area is 101 Å². The Hall–Kier alpha value is -1.09. The molecule has 2 aliphatic carbocycles. The number of hydrogen-bond donors (Lipinski definition) is 2. The minimum atomic E-state index is 0.543. The molecule has 0 amide bonds. The smallest absolute Gasteiger partial charge is 0.166 e. The molecule has 0 radical (unpaired) electrons. The molecular formula is C13H16N2S. The molecule has 3 rings (SSSR count). The maximum atomic E-state index is 5.27. The van der Waals surface area contributed by atoms with Crippen LogP contribution in [0.1, 0.15) is 30.7 Å².